The van der Waals surface area contributed by atoms with Crippen LogP contribution in [0.4, 0.5) is 10.5 Å². The molecule has 1 aromatic heterocycles. The van der Waals surface area contributed by atoms with Crippen LogP contribution in [-0.4, -0.2) is 27.9 Å². The number of carbonyl (C=O) groups excluding carboxylic acids is 2. The third-order valence-corrected chi connectivity index (χ3v) is 4.88. The van der Waals surface area contributed by atoms with Gasteiger partial charge in [0.1, 0.15) is 6.10 Å². The molecule has 1 aliphatic rings. The van der Waals surface area contributed by atoms with Crippen LogP contribution in [0.5, 0.6) is 0 Å². The summed E-state index contributed by atoms with van der Waals surface area (Å²) < 4.78 is 7.24. The number of amides is 2. The number of nitrogens with zero attached hydrogens (tertiary/aromatic N) is 2. The van der Waals surface area contributed by atoms with Gasteiger partial charge in [0, 0.05) is 18.9 Å². The molecule has 2 amide bonds. The van der Waals surface area contributed by atoms with Crippen LogP contribution in [0, 0.1) is 0 Å². The molecule has 7 nitrogen and oxygen atoms in total. The molecular formula is C20H26N4O3. The predicted octanol–water partition coefficient (Wildman–Crippen LogP) is 3.79. The molecule has 1 fully saturated rings. The van der Waals surface area contributed by atoms with Gasteiger partial charge < -0.3 is 15.4 Å². The monoisotopic (exact) mass is 370 g/mol. The van der Waals surface area contributed by atoms with Crippen molar-refractivity contribution in [2.75, 3.05) is 5.32 Å². The minimum absolute atomic E-state index is 0.0408. The smallest absolute Gasteiger partial charge is 0.338 e. The highest BCUT2D eigenvalue weighted by Crippen LogP contribution is 2.22. The lowest BCUT2D eigenvalue weighted by molar-refractivity contribution is 0.0318. The SMILES string of the molecule is CC[C@H](NC(=O)Nc1ccc(C(=O)OC2CCCC2)cc1)c1ccnn1C. The third kappa shape index (κ3) is 4.87. The molecule has 2 N–H and O–H groups in total. The average Bonchev–Trinajstić information content (AvgIpc) is 3.32. The fraction of sp³-hybridized carbons (Fsp3) is 0.450. The summed E-state index contributed by atoms with van der Waals surface area (Å²) in [5.41, 5.74) is 2.05. The van der Waals surface area contributed by atoms with E-state index in [0.29, 0.717) is 11.3 Å². The first kappa shape index (κ1) is 18.9. The topological polar surface area (TPSA) is 85.2 Å². The number of hydrogen-bond donors (Lipinski definition) is 2. The number of urea groups is 1. The molecule has 27 heavy (non-hydrogen) atoms. The standard InChI is InChI=1S/C20H26N4O3/c1-3-17(18-12-13-21-24(18)2)23-20(26)22-15-10-8-14(9-11-15)19(25)27-16-6-4-5-7-16/h8-13,16-17H,3-7H2,1-2H3,(H2,22,23,26)/t17-/m0/s1. The zero-order chi connectivity index (χ0) is 19.2. The molecule has 1 saturated carbocycles. The van der Waals surface area contributed by atoms with Crippen LogP contribution in [0.2, 0.25) is 0 Å². The van der Waals surface area contributed by atoms with Crippen LogP contribution < -0.4 is 10.6 Å². The van der Waals surface area contributed by atoms with Crippen molar-refractivity contribution in [2.24, 2.45) is 7.05 Å². The molecule has 0 aliphatic heterocycles. The van der Waals surface area contributed by atoms with E-state index in [1.807, 2.05) is 20.0 Å². The molecule has 2 aromatic rings. The lowest BCUT2D eigenvalue weighted by Gasteiger charge is -2.18. The first-order valence-corrected chi connectivity index (χ1v) is 9.43. The molecule has 0 spiro atoms. The van der Waals surface area contributed by atoms with E-state index in [1.54, 1.807) is 35.1 Å². The summed E-state index contributed by atoms with van der Waals surface area (Å²) in [6.45, 7) is 2.00. The number of esters is 1. The van der Waals surface area contributed by atoms with Gasteiger partial charge in [-0.05, 0) is 62.4 Å². The zero-order valence-corrected chi connectivity index (χ0v) is 15.8. The van der Waals surface area contributed by atoms with Crippen molar-refractivity contribution in [3.63, 3.8) is 0 Å². The molecule has 144 valence electrons. The second kappa shape index (κ2) is 8.70. The first-order valence-electron chi connectivity index (χ1n) is 9.43. The average molecular weight is 370 g/mol. The fourth-order valence-corrected chi connectivity index (χ4v) is 3.35. The number of nitrogens with one attached hydrogen (secondary N) is 2. The Morgan fingerprint density at radius 3 is 2.52 bits per heavy atom. The van der Waals surface area contributed by atoms with Crippen LogP contribution in [0.25, 0.3) is 0 Å². The van der Waals surface area contributed by atoms with Gasteiger partial charge in [0.15, 0.2) is 0 Å². The third-order valence-electron chi connectivity index (χ3n) is 4.88. The maximum atomic E-state index is 12.3. The summed E-state index contributed by atoms with van der Waals surface area (Å²) in [6, 6.07) is 8.21. The summed E-state index contributed by atoms with van der Waals surface area (Å²) in [5, 5.41) is 9.88. The zero-order valence-electron chi connectivity index (χ0n) is 15.8. The number of hydrogen-bond acceptors (Lipinski definition) is 4. The summed E-state index contributed by atoms with van der Waals surface area (Å²) in [4.78, 5) is 24.4. The normalized spacial score (nSPS) is 15.3. The van der Waals surface area contributed by atoms with E-state index >= 15 is 0 Å². The molecule has 7 heteroatoms. The molecule has 0 unspecified atom stereocenters. The molecule has 0 radical (unpaired) electrons. The largest absolute Gasteiger partial charge is 0.459 e. The van der Waals surface area contributed by atoms with E-state index in [-0.39, 0.29) is 24.1 Å². The number of carbonyl (C=O) groups is 2. The van der Waals surface area contributed by atoms with Gasteiger partial charge in [-0.1, -0.05) is 6.92 Å². The number of aromatic nitrogens is 2. The first-order chi connectivity index (χ1) is 13.1. The molecule has 0 bridgehead atoms. The van der Waals surface area contributed by atoms with Crippen LogP contribution in [0.1, 0.15) is 61.1 Å². The summed E-state index contributed by atoms with van der Waals surface area (Å²) in [6.07, 6.45) is 6.63. The van der Waals surface area contributed by atoms with E-state index in [2.05, 4.69) is 15.7 Å². The van der Waals surface area contributed by atoms with E-state index in [1.165, 1.54) is 0 Å². The lowest BCUT2D eigenvalue weighted by atomic mass is 10.1. The minimum Gasteiger partial charge on any atom is -0.459 e. The van der Waals surface area contributed by atoms with Crippen molar-refractivity contribution in [3.8, 4) is 0 Å². The highest BCUT2D eigenvalue weighted by Gasteiger charge is 2.20. The van der Waals surface area contributed by atoms with Gasteiger partial charge in [0.25, 0.3) is 0 Å². The summed E-state index contributed by atoms with van der Waals surface area (Å²) in [5.74, 6) is -0.305. The second-order valence-electron chi connectivity index (χ2n) is 6.83. The number of aryl methyl sites for hydroxylation is 1. The number of anilines is 1. The van der Waals surface area contributed by atoms with Gasteiger partial charge in [-0.2, -0.15) is 5.10 Å². The van der Waals surface area contributed by atoms with Crippen LogP contribution in [-0.2, 0) is 11.8 Å². The summed E-state index contributed by atoms with van der Waals surface area (Å²) >= 11 is 0. The summed E-state index contributed by atoms with van der Waals surface area (Å²) in [7, 11) is 1.85. The Morgan fingerprint density at radius 2 is 1.93 bits per heavy atom. The molecular weight excluding hydrogens is 344 g/mol. The number of benzene rings is 1. The van der Waals surface area contributed by atoms with E-state index in [0.717, 1.165) is 37.8 Å². The Hall–Kier alpha value is -2.83. The number of ether oxygens (including phenoxy) is 1. The Balaban J connectivity index is 1.54. The van der Waals surface area contributed by atoms with Gasteiger partial charge in [0.05, 0.1) is 17.3 Å². The molecule has 3 rings (SSSR count). The van der Waals surface area contributed by atoms with Crippen molar-refractivity contribution in [3.05, 3.63) is 47.8 Å². The van der Waals surface area contributed by atoms with Crippen molar-refractivity contribution in [1.82, 2.24) is 15.1 Å². The van der Waals surface area contributed by atoms with Gasteiger partial charge in [-0.15, -0.1) is 0 Å². The van der Waals surface area contributed by atoms with Gasteiger partial charge in [0.2, 0.25) is 0 Å². The highest BCUT2D eigenvalue weighted by atomic mass is 16.5. The molecule has 1 aliphatic carbocycles. The maximum Gasteiger partial charge on any atom is 0.338 e. The Bertz CT molecular complexity index is 779. The Labute approximate surface area is 159 Å². The minimum atomic E-state index is -0.305. The maximum absolute atomic E-state index is 12.3. The molecule has 0 saturated heterocycles. The van der Waals surface area contributed by atoms with Crippen LogP contribution >= 0.6 is 0 Å². The van der Waals surface area contributed by atoms with Crippen LogP contribution in [0.15, 0.2) is 36.5 Å². The van der Waals surface area contributed by atoms with Gasteiger partial charge in [-0.3, -0.25) is 4.68 Å². The molecule has 1 heterocycles. The van der Waals surface area contributed by atoms with Gasteiger partial charge >= 0.3 is 12.0 Å². The number of rotatable bonds is 6. The quantitative estimate of drug-likeness (QED) is 0.758. The van der Waals surface area contributed by atoms with E-state index in [9.17, 15) is 9.59 Å². The molecule has 1 aromatic carbocycles. The Kier molecular flexibility index (Phi) is 6.11. The van der Waals surface area contributed by atoms with E-state index in [4.69, 9.17) is 4.74 Å². The Morgan fingerprint density at radius 1 is 1.22 bits per heavy atom. The van der Waals surface area contributed by atoms with Crippen molar-refractivity contribution in [1.29, 1.82) is 0 Å². The van der Waals surface area contributed by atoms with Crippen molar-refractivity contribution >= 4 is 17.7 Å². The second-order valence-corrected chi connectivity index (χ2v) is 6.83. The van der Waals surface area contributed by atoms with Crippen LogP contribution in [0.3, 0.4) is 0 Å². The predicted molar refractivity (Wildman–Crippen MR) is 103 cm³/mol. The van der Waals surface area contributed by atoms with Gasteiger partial charge in [-0.25, -0.2) is 9.59 Å². The van der Waals surface area contributed by atoms with E-state index < -0.39 is 0 Å². The highest BCUT2D eigenvalue weighted by molar-refractivity contribution is 5.92. The molecule has 1 atom stereocenters. The fourth-order valence-electron chi connectivity index (χ4n) is 3.35. The van der Waals surface area contributed by atoms with Crippen molar-refractivity contribution < 1.29 is 14.3 Å². The van der Waals surface area contributed by atoms with Crippen molar-refractivity contribution in [2.45, 2.75) is 51.2 Å². The lowest BCUT2D eigenvalue weighted by Crippen LogP contribution is -2.33.